The lowest BCUT2D eigenvalue weighted by Crippen LogP contribution is -2.37. The van der Waals surface area contributed by atoms with Crippen molar-refractivity contribution in [3.05, 3.63) is 162 Å². The molecule has 0 bridgehead atoms. The Hall–Kier alpha value is -6.56. The Morgan fingerprint density at radius 3 is 2.25 bits per heavy atom. The summed E-state index contributed by atoms with van der Waals surface area (Å²) in [5.74, 6) is 0. The third-order valence-electron chi connectivity index (χ3n) is 13.8. The van der Waals surface area contributed by atoms with Crippen molar-refractivity contribution < 1.29 is 4.42 Å². The lowest BCUT2D eigenvalue weighted by atomic mass is 9.59. The van der Waals surface area contributed by atoms with Gasteiger partial charge >= 0.3 is 0 Å². The fourth-order valence-corrected chi connectivity index (χ4v) is 11.9. The highest BCUT2D eigenvalue weighted by Crippen LogP contribution is 2.54. The van der Waals surface area contributed by atoms with Crippen LogP contribution in [0, 0.1) is 0 Å². The molecule has 2 aliphatic rings. The number of para-hydroxylation sites is 1. The van der Waals surface area contributed by atoms with Gasteiger partial charge in [-0.2, -0.15) is 0 Å². The van der Waals surface area contributed by atoms with E-state index in [1.165, 1.54) is 97.5 Å². The van der Waals surface area contributed by atoms with Crippen LogP contribution in [-0.4, -0.2) is 11.8 Å². The molecule has 5 heteroatoms. The van der Waals surface area contributed by atoms with Crippen LogP contribution < -0.4 is 16.2 Å². The molecule has 0 saturated heterocycles. The van der Waals surface area contributed by atoms with Crippen LogP contribution in [0.2, 0.25) is 0 Å². The van der Waals surface area contributed by atoms with Crippen LogP contribution in [0.3, 0.4) is 0 Å². The highest BCUT2D eigenvalue weighted by atomic mass is 32.1. The molecular formula is C55H41BN2OS. The van der Waals surface area contributed by atoms with Gasteiger partial charge in [-0.05, 0) is 92.8 Å². The molecule has 0 fully saturated rings. The van der Waals surface area contributed by atoms with E-state index < -0.39 is 0 Å². The Balaban J connectivity index is 1.13. The second-order valence-corrected chi connectivity index (χ2v) is 19.7. The smallest absolute Gasteiger partial charge is 0.198 e. The number of nitrogens with one attached hydrogen (secondary N) is 1. The number of fused-ring (bicyclic) bond motifs is 15. The molecule has 3 nitrogen and oxygen atoms in total. The number of furan rings is 1. The summed E-state index contributed by atoms with van der Waals surface area (Å²) < 4.78 is 11.8. The van der Waals surface area contributed by atoms with Crippen molar-refractivity contribution in [2.75, 3.05) is 5.32 Å². The number of nitrogens with zero attached hydrogens (tertiary/aromatic N) is 1. The lowest BCUT2D eigenvalue weighted by Gasteiger charge is -2.24. The van der Waals surface area contributed by atoms with Crippen LogP contribution in [0.25, 0.3) is 91.9 Å². The van der Waals surface area contributed by atoms with Crippen molar-refractivity contribution in [1.82, 2.24) is 4.57 Å². The van der Waals surface area contributed by atoms with Gasteiger partial charge in [-0.25, -0.2) is 0 Å². The number of rotatable bonds is 3. The first-order chi connectivity index (χ1) is 29.1. The number of anilines is 2. The van der Waals surface area contributed by atoms with Gasteiger partial charge in [0.15, 0.2) is 7.28 Å². The molecule has 0 unspecified atom stereocenters. The van der Waals surface area contributed by atoms with Crippen molar-refractivity contribution in [1.29, 1.82) is 0 Å². The van der Waals surface area contributed by atoms with Gasteiger partial charge in [0.1, 0.15) is 11.2 Å². The number of aromatic nitrogens is 1. The molecule has 60 heavy (non-hydrogen) atoms. The van der Waals surface area contributed by atoms with E-state index in [9.17, 15) is 0 Å². The van der Waals surface area contributed by atoms with E-state index in [2.05, 4.69) is 190 Å². The first kappa shape index (κ1) is 34.3. The zero-order chi connectivity index (χ0) is 40.2. The fraction of sp³-hybridized carbons (Fsp3) is 0.127. The van der Waals surface area contributed by atoms with Gasteiger partial charge < -0.3 is 14.3 Å². The molecule has 13 rings (SSSR count). The normalized spacial score (nSPS) is 14.0. The van der Waals surface area contributed by atoms with Crippen LogP contribution >= 0.6 is 11.3 Å². The molecular weight excluding hydrogens is 747 g/mol. The van der Waals surface area contributed by atoms with E-state index in [1.54, 1.807) is 0 Å². The quantitative estimate of drug-likeness (QED) is 0.181. The summed E-state index contributed by atoms with van der Waals surface area (Å²) in [6.07, 6.45) is 0. The van der Waals surface area contributed by atoms with E-state index in [0.717, 1.165) is 40.6 Å². The number of benzene rings is 8. The zero-order valence-electron chi connectivity index (χ0n) is 34.3. The van der Waals surface area contributed by atoms with E-state index in [-0.39, 0.29) is 10.8 Å². The topological polar surface area (TPSA) is 30.1 Å². The number of hydrogen-bond donors (Lipinski definition) is 1. The summed E-state index contributed by atoms with van der Waals surface area (Å²) in [4.78, 5) is 0. The molecule has 0 atom stereocenters. The molecule has 3 aromatic heterocycles. The predicted octanol–water partition coefficient (Wildman–Crippen LogP) is 13.8. The fourth-order valence-electron chi connectivity index (χ4n) is 10.8. The minimum Gasteiger partial charge on any atom is -0.456 e. The zero-order valence-corrected chi connectivity index (χ0v) is 35.1. The van der Waals surface area contributed by atoms with Crippen molar-refractivity contribution in [3.63, 3.8) is 0 Å². The molecule has 1 aliphatic carbocycles. The minimum atomic E-state index is -0.0917. The third kappa shape index (κ3) is 4.61. The Kier molecular flexibility index (Phi) is 6.75. The van der Waals surface area contributed by atoms with Crippen molar-refractivity contribution in [2.24, 2.45) is 0 Å². The Bertz CT molecular complexity index is 3670. The number of hydrogen-bond acceptors (Lipinski definition) is 3. The maximum absolute atomic E-state index is 6.54. The van der Waals surface area contributed by atoms with Gasteiger partial charge in [-0.3, -0.25) is 0 Å². The van der Waals surface area contributed by atoms with Gasteiger partial charge in [0.25, 0.3) is 0 Å². The number of thiophene rings is 1. The monoisotopic (exact) mass is 788 g/mol. The van der Waals surface area contributed by atoms with E-state index in [4.69, 9.17) is 4.42 Å². The standard InChI is InChI=1S/C55H41BN2OS/c1-54(2,3)30-18-20-31(21-19-30)57-43-29-47-38(32-12-7-10-16-46(32)59-47)26-37(43)34-22-23-36-51-44(25-24-41-50(51)35-14-6-9-15-40(35)55(41,4)5)58-45-27-39-33-13-8-11-17-48(33)60-49(39)28-42(45)56-52(34)53(36)58/h6-29,56-57H,1-5H3. The molecule has 0 spiro atoms. The van der Waals surface area contributed by atoms with Crippen LogP contribution in [-0.2, 0) is 10.8 Å². The van der Waals surface area contributed by atoms with Gasteiger partial charge in [0.2, 0.25) is 0 Å². The highest BCUT2D eigenvalue weighted by molar-refractivity contribution is 7.26. The van der Waals surface area contributed by atoms with Gasteiger partial charge in [0.05, 0.1) is 11.2 Å². The summed E-state index contributed by atoms with van der Waals surface area (Å²) in [5, 5.41) is 11.5. The average Bonchev–Trinajstić information content (AvgIpc) is 3.97. The molecule has 8 aromatic carbocycles. The van der Waals surface area contributed by atoms with E-state index in [0.29, 0.717) is 0 Å². The van der Waals surface area contributed by atoms with Crippen molar-refractivity contribution in [3.8, 4) is 27.9 Å². The van der Waals surface area contributed by atoms with E-state index in [1.807, 2.05) is 11.3 Å². The predicted molar refractivity (Wildman–Crippen MR) is 259 cm³/mol. The molecule has 1 N–H and O–H groups in total. The van der Waals surface area contributed by atoms with Crippen LogP contribution in [0.4, 0.5) is 11.4 Å². The molecule has 1 aliphatic heterocycles. The second kappa shape index (κ2) is 11.8. The summed E-state index contributed by atoms with van der Waals surface area (Å²) >= 11 is 1.90. The van der Waals surface area contributed by atoms with Crippen molar-refractivity contribution in [2.45, 2.75) is 45.4 Å². The maximum Gasteiger partial charge on any atom is 0.198 e. The van der Waals surface area contributed by atoms with Crippen LogP contribution in [0.15, 0.2) is 150 Å². The van der Waals surface area contributed by atoms with Crippen LogP contribution in [0.1, 0.15) is 51.3 Å². The summed E-state index contributed by atoms with van der Waals surface area (Å²) in [6, 6.07) is 54.5. The average molecular weight is 789 g/mol. The summed E-state index contributed by atoms with van der Waals surface area (Å²) in [7, 11) is 0.830. The maximum atomic E-state index is 6.54. The Morgan fingerprint density at radius 1 is 0.617 bits per heavy atom. The Morgan fingerprint density at radius 2 is 1.40 bits per heavy atom. The van der Waals surface area contributed by atoms with Gasteiger partial charge in [-0.15, -0.1) is 11.3 Å². The molecule has 0 saturated carbocycles. The van der Waals surface area contributed by atoms with Crippen LogP contribution in [0.5, 0.6) is 0 Å². The highest BCUT2D eigenvalue weighted by Gasteiger charge is 2.38. The molecule has 0 amide bonds. The Labute approximate surface area is 353 Å². The first-order valence-electron chi connectivity index (χ1n) is 21.1. The van der Waals surface area contributed by atoms with Gasteiger partial charge in [0, 0.05) is 75.7 Å². The van der Waals surface area contributed by atoms with Crippen molar-refractivity contribution >= 4 is 105 Å². The minimum absolute atomic E-state index is 0.0725. The summed E-state index contributed by atoms with van der Waals surface area (Å²) in [5.41, 5.74) is 19.7. The second-order valence-electron chi connectivity index (χ2n) is 18.6. The molecule has 0 radical (unpaired) electrons. The lowest BCUT2D eigenvalue weighted by molar-refractivity contribution is 0.590. The largest absolute Gasteiger partial charge is 0.456 e. The van der Waals surface area contributed by atoms with Gasteiger partial charge in [-0.1, -0.05) is 131 Å². The molecule has 286 valence electrons. The first-order valence-corrected chi connectivity index (χ1v) is 21.9. The molecule has 11 aromatic rings. The van der Waals surface area contributed by atoms with E-state index >= 15 is 0 Å². The molecule has 4 heterocycles. The SMILES string of the molecule is CC(C)(C)c1ccc(Nc2cc3oc4ccccc4c3cc2-c2ccc3c4c5c(ccc4n4c3c2Bc2cc3sc6ccccc6c3cc2-4)C(C)(C)c2ccccc2-5)cc1. The third-order valence-corrected chi connectivity index (χ3v) is 14.9. The summed E-state index contributed by atoms with van der Waals surface area (Å²) in [6.45, 7) is 11.6.